The molecule has 1 fully saturated rings. The number of hydrogen-bond donors (Lipinski definition) is 1. The normalized spacial score (nSPS) is 14.3. The first-order valence-corrected chi connectivity index (χ1v) is 9.92. The van der Waals surface area contributed by atoms with Crippen LogP contribution in [0, 0.1) is 0 Å². The molecule has 1 saturated heterocycles. The Hall–Kier alpha value is -2.34. The van der Waals surface area contributed by atoms with Gasteiger partial charge in [-0.05, 0) is 36.8 Å². The van der Waals surface area contributed by atoms with Gasteiger partial charge in [-0.15, -0.1) is 10.2 Å². The van der Waals surface area contributed by atoms with Crippen molar-refractivity contribution >= 4 is 29.0 Å². The van der Waals surface area contributed by atoms with Gasteiger partial charge in [0.1, 0.15) is 5.82 Å². The van der Waals surface area contributed by atoms with Crippen molar-refractivity contribution in [2.45, 2.75) is 26.2 Å². The van der Waals surface area contributed by atoms with E-state index >= 15 is 0 Å². The molecule has 0 unspecified atom stereocenters. The van der Waals surface area contributed by atoms with E-state index in [4.69, 9.17) is 11.6 Å². The quantitative estimate of drug-likeness (QED) is 0.734. The second-order valence-electron chi connectivity index (χ2n) is 6.70. The molecule has 2 aromatic rings. The summed E-state index contributed by atoms with van der Waals surface area (Å²) in [6, 6.07) is 11.4. The monoisotopic (exact) mass is 387 g/mol. The molecule has 1 amide bonds. The van der Waals surface area contributed by atoms with E-state index in [1.165, 1.54) is 12.8 Å². The molecule has 0 bridgehead atoms. The molecule has 0 atom stereocenters. The van der Waals surface area contributed by atoms with E-state index in [0.717, 1.165) is 36.8 Å². The number of benzene rings is 1. The molecule has 1 aromatic carbocycles. The molecule has 0 saturated carbocycles. The molecule has 1 aromatic heterocycles. The number of unbranched alkanes of at least 4 members (excludes halogenated alkanes) is 2. The number of halogens is 1. The first kappa shape index (κ1) is 19.4. The van der Waals surface area contributed by atoms with Gasteiger partial charge in [0.2, 0.25) is 0 Å². The molecule has 1 aliphatic rings. The molecule has 6 nitrogen and oxygen atoms in total. The topological polar surface area (TPSA) is 61.4 Å². The van der Waals surface area contributed by atoms with Gasteiger partial charge < -0.3 is 15.1 Å². The molecule has 0 spiro atoms. The highest BCUT2D eigenvalue weighted by molar-refractivity contribution is 6.30. The molecular weight excluding hydrogens is 362 g/mol. The van der Waals surface area contributed by atoms with Crippen molar-refractivity contribution in [1.82, 2.24) is 15.1 Å². The highest BCUT2D eigenvalue weighted by Crippen LogP contribution is 2.21. The van der Waals surface area contributed by atoms with E-state index in [-0.39, 0.29) is 5.91 Å². The molecule has 144 valence electrons. The Morgan fingerprint density at radius 1 is 1.11 bits per heavy atom. The van der Waals surface area contributed by atoms with Crippen LogP contribution >= 0.6 is 11.6 Å². The first-order valence-electron chi connectivity index (χ1n) is 9.55. The lowest BCUT2D eigenvalue weighted by Crippen LogP contribution is -2.49. The summed E-state index contributed by atoms with van der Waals surface area (Å²) in [6.07, 6.45) is 3.49. The van der Waals surface area contributed by atoms with Gasteiger partial charge in [-0.1, -0.05) is 37.4 Å². The summed E-state index contributed by atoms with van der Waals surface area (Å²) in [7, 11) is 0. The van der Waals surface area contributed by atoms with Crippen molar-refractivity contribution in [1.29, 1.82) is 0 Å². The Kier molecular flexibility index (Phi) is 6.87. The number of aromatic nitrogens is 2. The smallest absolute Gasteiger partial charge is 0.274 e. The molecule has 3 rings (SSSR count). The molecule has 1 aliphatic heterocycles. The molecule has 27 heavy (non-hydrogen) atoms. The van der Waals surface area contributed by atoms with Crippen LogP contribution in [0.5, 0.6) is 0 Å². The average molecular weight is 388 g/mol. The minimum Gasteiger partial charge on any atom is -0.369 e. The van der Waals surface area contributed by atoms with E-state index in [1.807, 2.05) is 35.2 Å². The Morgan fingerprint density at radius 2 is 1.93 bits per heavy atom. The Labute approximate surface area is 165 Å². The van der Waals surface area contributed by atoms with Crippen LogP contribution in [0.2, 0.25) is 5.02 Å². The van der Waals surface area contributed by atoms with Gasteiger partial charge in [-0.25, -0.2) is 0 Å². The maximum Gasteiger partial charge on any atom is 0.274 e. The third kappa shape index (κ3) is 5.32. The number of anilines is 2. The SMILES string of the molecule is CCCCCNc1ccc(C(=O)N2CCN(c3cccc(Cl)c3)CC2)nn1. The molecule has 7 heteroatoms. The fourth-order valence-corrected chi connectivity index (χ4v) is 3.32. The highest BCUT2D eigenvalue weighted by Gasteiger charge is 2.23. The first-order chi connectivity index (χ1) is 13.2. The van der Waals surface area contributed by atoms with Crippen LogP contribution in [0.1, 0.15) is 36.7 Å². The fourth-order valence-electron chi connectivity index (χ4n) is 3.13. The third-order valence-corrected chi connectivity index (χ3v) is 4.95. The van der Waals surface area contributed by atoms with Crippen LogP contribution < -0.4 is 10.2 Å². The number of amides is 1. The molecular formula is C20H26ClN5O. The Bertz CT molecular complexity index is 744. The minimum absolute atomic E-state index is 0.0641. The number of carbonyl (C=O) groups is 1. The molecule has 2 heterocycles. The van der Waals surface area contributed by atoms with Crippen molar-refractivity contribution in [3.63, 3.8) is 0 Å². The Balaban J connectivity index is 1.51. The van der Waals surface area contributed by atoms with Gasteiger partial charge in [0.15, 0.2) is 5.69 Å². The van der Waals surface area contributed by atoms with Gasteiger partial charge in [-0.3, -0.25) is 4.79 Å². The summed E-state index contributed by atoms with van der Waals surface area (Å²) >= 11 is 6.07. The van der Waals surface area contributed by atoms with Crippen LogP contribution in [0.15, 0.2) is 36.4 Å². The number of piperazine rings is 1. The van der Waals surface area contributed by atoms with Crippen molar-refractivity contribution in [3.05, 3.63) is 47.1 Å². The summed E-state index contributed by atoms with van der Waals surface area (Å²) in [5.74, 6) is 0.652. The maximum absolute atomic E-state index is 12.7. The number of hydrogen-bond acceptors (Lipinski definition) is 5. The second kappa shape index (κ2) is 9.55. The lowest BCUT2D eigenvalue weighted by atomic mass is 10.2. The fraction of sp³-hybridized carbons (Fsp3) is 0.450. The van der Waals surface area contributed by atoms with E-state index in [9.17, 15) is 4.79 Å². The predicted molar refractivity (Wildman–Crippen MR) is 110 cm³/mol. The number of rotatable bonds is 7. The van der Waals surface area contributed by atoms with Crippen molar-refractivity contribution in [2.24, 2.45) is 0 Å². The van der Waals surface area contributed by atoms with Crippen molar-refractivity contribution in [3.8, 4) is 0 Å². The van der Waals surface area contributed by atoms with Crippen molar-refractivity contribution in [2.75, 3.05) is 42.9 Å². The van der Waals surface area contributed by atoms with Gasteiger partial charge in [0.05, 0.1) is 0 Å². The van der Waals surface area contributed by atoms with E-state index in [1.54, 1.807) is 6.07 Å². The molecule has 0 radical (unpaired) electrons. The summed E-state index contributed by atoms with van der Waals surface area (Å²) in [5.41, 5.74) is 1.48. The maximum atomic E-state index is 12.7. The lowest BCUT2D eigenvalue weighted by Gasteiger charge is -2.36. The average Bonchev–Trinajstić information content (AvgIpc) is 2.71. The minimum atomic E-state index is -0.0641. The number of carbonyl (C=O) groups excluding carboxylic acids is 1. The summed E-state index contributed by atoms with van der Waals surface area (Å²) in [6.45, 7) is 5.91. The predicted octanol–water partition coefficient (Wildman–Crippen LogP) is 3.69. The van der Waals surface area contributed by atoms with Crippen LogP contribution in [0.25, 0.3) is 0 Å². The van der Waals surface area contributed by atoms with Crippen LogP contribution in [-0.2, 0) is 0 Å². The lowest BCUT2D eigenvalue weighted by molar-refractivity contribution is 0.0739. The summed E-state index contributed by atoms with van der Waals surface area (Å²) in [5, 5.41) is 12.2. The van der Waals surface area contributed by atoms with E-state index < -0.39 is 0 Å². The van der Waals surface area contributed by atoms with E-state index in [0.29, 0.717) is 24.6 Å². The van der Waals surface area contributed by atoms with Crippen LogP contribution in [0.3, 0.4) is 0 Å². The van der Waals surface area contributed by atoms with Gasteiger partial charge in [0.25, 0.3) is 5.91 Å². The third-order valence-electron chi connectivity index (χ3n) is 4.71. The van der Waals surface area contributed by atoms with E-state index in [2.05, 4.69) is 27.3 Å². The largest absolute Gasteiger partial charge is 0.369 e. The zero-order chi connectivity index (χ0) is 19.1. The standard InChI is InChI=1S/C20H26ClN5O/c1-2-3-4-10-22-19-9-8-18(23-24-19)20(27)26-13-11-25(12-14-26)17-7-5-6-16(21)15-17/h5-9,15H,2-4,10-14H2,1H3,(H,22,24). The number of nitrogens with zero attached hydrogens (tertiary/aromatic N) is 4. The zero-order valence-electron chi connectivity index (χ0n) is 15.7. The second-order valence-corrected chi connectivity index (χ2v) is 7.13. The van der Waals surface area contributed by atoms with Gasteiger partial charge >= 0.3 is 0 Å². The Morgan fingerprint density at radius 3 is 2.59 bits per heavy atom. The van der Waals surface area contributed by atoms with Gasteiger partial charge in [-0.2, -0.15) is 0 Å². The van der Waals surface area contributed by atoms with Crippen LogP contribution in [-0.4, -0.2) is 53.7 Å². The van der Waals surface area contributed by atoms with Crippen molar-refractivity contribution < 1.29 is 4.79 Å². The van der Waals surface area contributed by atoms with Gasteiger partial charge in [0, 0.05) is 43.4 Å². The number of nitrogens with one attached hydrogen (secondary N) is 1. The molecule has 1 N–H and O–H groups in total. The van der Waals surface area contributed by atoms with Crippen LogP contribution in [0.4, 0.5) is 11.5 Å². The highest BCUT2D eigenvalue weighted by atomic mass is 35.5. The zero-order valence-corrected chi connectivity index (χ0v) is 16.5. The summed E-state index contributed by atoms with van der Waals surface area (Å²) < 4.78 is 0. The molecule has 0 aliphatic carbocycles. The summed E-state index contributed by atoms with van der Waals surface area (Å²) in [4.78, 5) is 16.7.